The van der Waals surface area contributed by atoms with Gasteiger partial charge in [0.2, 0.25) is 0 Å². The summed E-state index contributed by atoms with van der Waals surface area (Å²) in [4.78, 5) is 23.9. The molecule has 0 bridgehead atoms. The first-order valence-electron chi connectivity index (χ1n) is 5.63. The lowest BCUT2D eigenvalue weighted by atomic mass is 9.91. The van der Waals surface area contributed by atoms with Crippen molar-refractivity contribution < 1.29 is 9.59 Å². The highest BCUT2D eigenvalue weighted by Gasteiger charge is 2.17. The highest BCUT2D eigenvalue weighted by molar-refractivity contribution is 7.80. The van der Waals surface area contributed by atoms with Crippen molar-refractivity contribution in [3.8, 4) is 12.3 Å². The molecule has 0 aliphatic heterocycles. The zero-order valence-electron chi connectivity index (χ0n) is 10.3. The summed E-state index contributed by atoms with van der Waals surface area (Å²) >= 11 is 5.10. The lowest BCUT2D eigenvalue weighted by Crippen LogP contribution is -2.08. The van der Waals surface area contributed by atoms with Crippen LogP contribution in [0.5, 0.6) is 0 Å². The van der Waals surface area contributed by atoms with Crippen LogP contribution in [0.2, 0.25) is 0 Å². The van der Waals surface area contributed by atoms with Gasteiger partial charge < -0.3 is 0 Å². The molecule has 0 unspecified atom stereocenters. The molecular weight excluding hydrogens is 256 g/mol. The molecule has 0 radical (unpaired) electrons. The maximum Gasteiger partial charge on any atom is 0.186 e. The fourth-order valence-electron chi connectivity index (χ4n) is 1.84. The SMILES string of the molecule is C#Cc1cc(C(C)=S)ccc1C1=CC(=O)C=CC1=O. The van der Waals surface area contributed by atoms with Crippen LogP contribution < -0.4 is 0 Å². The fraction of sp³-hybridized carbons (Fsp3) is 0.0625. The molecule has 1 aromatic rings. The summed E-state index contributed by atoms with van der Waals surface area (Å²) in [6, 6.07) is 5.29. The van der Waals surface area contributed by atoms with Gasteiger partial charge in [0.15, 0.2) is 11.6 Å². The third-order valence-corrected chi connectivity index (χ3v) is 3.06. The van der Waals surface area contributed by atoms with Gasteiger partial charge in [-0.1, -0.05) is 30.3 Å². The molecule has 0 aromatic heterocycles. The Hall–Kier alpha value is -2.31. The number of benzene rings is 1. The van der Waals surface area contributed by atoms with Gasteiger partial charge in [0.05, 0.1) is 0 Å². The number of hydrogen-bond donors (Lipinski definition) is 0. The van der Waals surface area contributed by atoms with E-state index in [0.717, 1.165) is 10.4 Å². The normalized spacial score (nSPS) is 14.0. The number of allylic oxidation sites excluding steroid dienone is 4. The third-order valence-electron chi connectivity index (χ3n) is 2.82. The maximum absolute atomic E-state index is 11.8. The minimum Gasteiger partial charge on any atom is -0.290 e. The molecule has 0 saturated carbocycles. The van der Waals surface area contributed by atoms with E-state index >= 15 is 0 Å². The molecule has 0 heterocycles. The van der Waals surface area contributed by atoms with Crippen molar-refractivity contribution in [2.45, 2.75) is 6.92 Å². The Morgan fingerprint density at radius 1 is 1.26 bits per heavy atom. The third kappa shape index (κ3) is 2.59. The Kier molecular flexibility index (Phi) is 3.55. The molecule has 19 heavy (non-hydrogen) atoms. The van der Waals surface area contributed by atoms with E-state index in [0.29, 0.717) is 16.7 Å². The first-order valence-corrected chi connectivity index (χ1v) is 6.04. The number of hydrogen-bond acceptors (Lipinski definition) is 3. The molecule has 1 aromatic carbocycles. The lowest BCUT2D eigenvalue weighted by Gasteiger charge is -2.11. The molecule has 0 N–H and O–H groups in total. The van der Waals surface area contributed by atoms with Gasteiger partial charge in [0.25, 0.3) is 0 Å². The summed E-state index contributed by atoms with van der Waals surface area (Å²) in [6.45, 7) is 1.81. The number of rotatable bonds is 2. The van der Waals surface area contributed by atoms with E-state index in [1.54, 1.807) is 18.2 Å². The Bertz CT molecular complexity index is 700. The number of carbonyl (C=O) groups is 2. The van der Waals surface area contributed by atoms with Crippen LogP contribution in [-0.2, 0) is 9.59 Å². The summed E-state index contributed by atoms with van der Waals surface area (Å²) in [5.74, 6) is 2.10. The smallest absolute Gasteiger partial charge is 0.186 e. The molecule has 2 rings (SSSR count). The van der Waals surface area contributed by atoms with Crippen LogP contribution in [0.25, 0.3) is 5.57 Å². The van der Waals surface area contributed by atoms with Crippen LogP contribution in [-0.4, -0.2) is 16.4 Å². The van der Waals surface area contributed by atoms with Crippen molar-refractivity contribution in [3.05, 3.63) is 53.1 Å². The molecule has 0 saturated heterocycles. The van der Waals surface area contributed by atoms with Crippen molar-refractivity contribution >= 4 is 34.2 Å². The number of ketones is 2. The Balaban J connectivity index is 2.58. The summed E-state index contributed by atoms with van der Waals surface area (Å²) in [5.41, 5.74) is 2.32. The molecule has 0 fully saturated rings. The fourth-order valence-corrected chi connectivity index (χ4v) is 1.96. The van der Waals surface area contributed by atoms with Crippen LogP contribution in [0, 0.1) is 12.3 Å². The predicted molar refractivity (Wildman–Crippen MR) is 78.9 cm³/mol. The zero-order chi connectivity index (χ0) is 14.0. The molecule has 0 spiro atoms. The van der Waals surface area contributed by atoms with Gasteiger partial charge >= 0.3 is 0 Å². The second-order valence-corrected chi connectivity index (χ2v) is 4.73. The van der Waals surface area contributed by atoms with Gasteiger partial charge in [-0.3, -0.25) is 9.59 Å². The van der Waals surface area contributed by atoms with Crippen molar-refractivity contribution in [2.24, 2.45) is 0 Å². The Morgan fingerprint density at radius 2 is 2.00 bits per heavy atom. The number of terminal acetylenes is 1. The molecular formula is C16H10O2S. The first-order chi connectivity index (χ1) is 9.02. The van der Waals surface area contributed by atoms with Crippen molar-refractivity contribution in [1.82, 2.24) is 0 Å². The molecule has 0 atom stereocenters. The molecule has 1 aliphatic rings. The van der Waals surface area contributed by atoms with E-state index in [9.17, 15) is 9.59 Å². The minimum atomic E-state index is -0.220. The summed E-state index contributed by atoms with van der Waals surface area (Å²) in [7, 11) is 0. The second-order valence-electron chi connectivity index (χ2n) is 4.12. The van der Waals surface area contributed by atoms with E-state index in [2.05, 4.69) is 5.92 Å². The average Bonchev–Trinajstić information content (AvgIpc) is 2.40. The summed E-state index contributed by atoms with van der Waals surface area (Å²) < 4.78 is 0. The van der Waals surface area contributed by atoms with Gasteiger partial charge in [-0.25, -0.2) is 0 Å². The van der Waals surface area contributed by atoms with Crippen molar-refractivity contribution in [1.29, 1.82) is 0 Å². The zero-order valence-corrected chi connectivity index (χ0v) is 11.1. The largest absolute Gasteiger partial charge is 0.290 e. The monoisotopic (exact) mass is 266 g/mol. The van der Waals surface area contributed by atoms with Crippen LogP contribution in [0.15, 0.2) is 36.4 Å². The minimum absolute atomic E-state index is 0.215. The number of thiocarbonyl (C=S) groups is 1. The summed E-state index contributed by atoms with van der Waals surface area (Å²) in [6.07, 6.45) is 9.29. The van der Waals surface area contributed by atoms with Crippen molar-refractivity contribution in [3.63, 3.8) is 0 Å². The molecule has 3 heteroatoms. The van der Waals surface area contributed by atoms with E-state index in [1.165, 1.54) is 18.2 Å². The predicted octanol–water partition coefficient (Wildman–Crippen LogP) is 2.50. The second kappa shape index (κ2) is 5.13. The molecule has 2 nitrogen and oxygen atoms in total. The van der Waals surface area contributed by atoms with Crippen LogP contribution >= 0.6 is 12.2 Å². The van der Waals surface area contributed by atoms with E-state index in [-0.39, 0.29) is 11.6 Å². The van der Waals surface area contributed by atoms with Gasteiger partial charge in [-0.15, -0.1) is 6.42 Å². The van der Waals surface area contributed by atoms with E-state index in [4.69, 9.17) is 18.6 Å². The van der Waals surface area contributed by atoms with Crippen LogP contribution in [0.3, 0.4) is 0 Å². The highest BCUT2D eigenvalue weighted by atomic mass is 32.1. The van der Waals surface area contributed by atoms with E-state index in [1.807, 2.05) is 6.92 Å². The first kappa shape index (κ1) is 13.1. The molecule has 0 amide bonds. The number of carbonyl (C=O) groups excluding carboxylic acids is 2. The van der Waals surface area contributed by atoms with Gasteiger partial charge in [-0.05, 0) is 36.8 Å². The molecule has 1 aliphatic carbocycles. The van der Waals surface area contributed by atoms with E-state index < -0.39 is 0 Å². The standard InChI is InChI=1S/C16H10O2S/c1-3-11-8-12(10(2)19)4-6-14(11)15-9-13(17)5-7-16(15)18/h1,4-9H,2H3. The van der Waals surface area contributed by atoms with Gasteiger partial charge in [0, 0.05) is 21.6 Å². The topological polar surface area (TPSA) is 34.1 Å². The Labute approximate surface area is 116 Å². The maximum atomic E-state index is 11.8. The highest BCUT2D eigenvalue weighted by Crippen LogP contribution is 2.24. The van der Waals surface area contributed by atoms with Crippen LogP contribution in [0.1, 0.15) is 23.6 Å². The Morgan fingerprint density at radius 3 is 2.63 bits per heavy atom. The van der Waals surface area contributed by atoms with Gasteiger partial charge in [-0.2, -0.15) is 0 Å². The van der Waals surface area contributed by atoms with Crippen LogP contribution in [0.4, 0.5) is 0 Å². The summed E-state index contributed by atoms with van der Waals surface area (Å²) in [5, 5.41) is 0. The molecule has 92 valence electrons. The average molecular weight is 266 g/mol. The lowest BCUT2D eigenvalue weighted by molar-refractivity contribution is -0.113. The van der Waals surface area contributed by atoms with Gasteiger partial charge in [0.1, 0.15) is 0 Å². The van der Waals surface area contributed by atoms with Crippen molar-refractivity contribution in [2.75, 3.05) is 0 Å². The quantitative estimate of drug-likeness (QED) is 0.357.